The number of rotatable bonds is 5. The van der Waals surface area contributed by atoms with Crippen LogP contribution < -0.4 is 10.1 Å². The first-order valence-electron chi connectivity index (χ1n) is 6.24. The Morgan fingerprint density at radius 2 is 2.00 bits per heavy atom. The summed E-state index contributed by atoms with van der Waals surface area (Å²) < 4.78 is 5.48. The van der Waals surface area contributed by atoms with E-state index in [4.69, 9.17) is 16.3 Å². The molecule has 1 aromatic heterocycles. The Kier molecular flexibility index (Phi) is 4.96. The van der Waals surface area contributed by atoms with E-state index in [2.05, 4.69) is 10.3 Å². The lowest BCUT2D eigenvalue weighted by atomic mass is 10.2. The van der Waals surface area contributed by atoms with Gasteiger partial charge in [-0.15, -0.1) is 0 Å². The Hall–Kier alpha value is -2.07. The quantitative estimate of drug-likeness (QED) is 0.862. The van der Waals surface area contributed by atoms with Crippen LogP contribution in [0.4, 0.5) is 0 Å². The second-order valence-electron chi connectivity index (χ2n) is 4.25. The van der Waals surface area contributed by atoms with Crippen LogP contribution in [0.25, 0.3) is 0 Å². The van der Waals surface area contributed by atoms with Crippen molar-refractivity contribution in [3.63, 3.8) is 0 Å². The second-order valence-corrected chi connectivity index (χ2v) is 4.68. The van der Waals surface area contributed by atoms with Crippen molar-refractivity contribution >= 4 is 17.5 Å². The minimum Gasteiger partial charge on any atom is -0.492 e. The molecule has 0 spiro atoms. The van der Waals surface area contributed by atoms with Crippen molar-refractivity contribution in [3.8, 4) is 5.75 Å². The fraction of sp³-hybridized carbons (Fsp3) is 0.200. The van der Waals surface area contributed by atoms with E-state index in [0.717, 1.165) is 11.4 Å². The Balaban J connectivity index is 1.74. The molecule has 2 rings (SSSR count). The molecule has 0 atom stereocenters. The van der Waals surface area contributed by atoms with Crippen molar-refractivity contribution in [2.75, 3.05) is 13.2 Å². The van der Waals surface area contributed by atoms with Crippen molar-refractivity contribution in [3.05, 3.63) is 58.9 Å². The number of nitrogens with one attached hydrogen (secondary N) is 1. The van der Waals surface area contributed by atoms with Gasteiger partial charge in [-0.2, -0.15) is 0 Å². The average molecular weight is 291 g/mol. The number of aryl methyl sites for hydroxylation is 1. The zero-order valence-electron chi connectivity index (χ0n) is 11.1. The molecule has 0 saturated carbocycles. The smallest absolute Gasteiger partial charge is 0.252 e. The molecule has 0 bridgehead atoms. The topological polar surface area (TPSA) is 51.2 Å². The van der Waals surface area contributed by atoms with Crippen LogP contribution in [0.2, 0.25) is 5.02 Å². The van der Waals surface area contributed by atoms with Crippen LogP contribution in [0, 0.1) is 6.92 Å². The highest BCUT2D eigenvalue weighted by molar-refractivity contribution is 6.30. The van der Waals surface area contributed by atoms with Crippen LogP contribution in [-0.2, 0) is 0 Å². The first kappa shape index (κ1) is 14.3. The lowest BCUT2D eigenvalue weighted by Gasteiger charge is -2.07. The molecular formula is C15H15ClN2O2. The largest absolute Gasteiger partial charge is 0.492 e. The zero-order chi connectivity index (χ0) is 14.4. The lowest BCUT2D eigenvalue weighted by Crippen LogP contribution is -2.28. The molecule has 0 aliphatic carbocycles. The van der Waals surface area contributed by atoms with E-state index in [1.807, 2.05) is 6.92 Å². The molecule has 5 heteroatoms. The van der Waals surface area contributed by atoms with Gasteiger partial charge in [0.2, 0.25) is 0 Å². The van der Waals surface area contributed by atoms with E-state index in [9.17, 15) is 4.79 Å². The third-order valence-electron chi connectivity index (χ3n) is 2.64. The maximum Gasteiger partial charge on any atom is 0.252 e. The number of pyridine rings is 1. The van der Waals surface area contributed by atoms with E-state index >= 15 is 0 Å². The number of carbonyl (C=O) groups excluding carboxylic acids is 1. The Morgan fingerprint density at radius 1 is 1.25 bits per heavy atom. The molecule has 20 heavy (non-hydrogen) atoms. The molecule has 1 amide bonds. The van der Waals surface area contributed by atoms with Crippen LogP contribution in [0.1, 0.15) is 16.1 Å². The minimum absolute atomic E-state index is 0.155. The molecule has 1 N–H and O–H groups in total. The summed E-state index contributed by atoms with van der Waals surface area (Å²) in [5, 5.41) is 3.43. The summed E-state index contributed by atoms with van der Waals surface area (Å²) in [5.74, 6) is 0.567. The monoisotopic (exact) mass is 290 g/mol. The SMILES string of the molecule is Cc1ccc(C(=O)NCCOc2ccc(Cl)cc2)cn1. The van der Waals surface area contributed by atoms with Crippen molar-refractivity contribution in [2.45, 2.75) is 6.92 Å². The highest BCUT2D eigenvalue weighted by atomic mass is 35.5. The molecule has 0 radical (unpaired) electrons. The molecule has 4 nitrogen and oxygen atoms in total. The number of aromatic nitrogens is 1. The fourth-order valence-corrected chi connectivity index (χ4v) is 1.69. The van der Waals surface area contributed by atoms with Gasteiger partial charge in [0.05, 0.1) is 12.1 Å². The van der Waals surface area contributed by atoms with Gasteiger partial charge in [0.15, 0.2) is 0 Å². The number of hydrogen-bond donors (Lipinski definition) is 1. The van der Waals surface area contributed by atoms with E-state index < -0.39 is 0 Å². The zero-order valence-corrected chi connectivity index (χ0v) is 11.9. The Morgan fingerprint density at radius 3 is 2.65 bits per heavy atom. The molecule has 1 aromatic carbocycles. The van der Waals surface area contributed by atoms with Gasteiger partial charge < -0.3 is 10.1 Å². The number of amides is 1. The summed E-state index contributed by atoms with van der Waals surface area (Å²) in [7, 11) is 0. The van der Waals surface area contributed by atoms with Gasteiger partial charge in [-0.25, -0.2) is 0 Å². The molecule has 1 heterocycles. The molecule has 2 aromatic rings. The van der Waals surface area contributed by atoms with Crippen LogP contribution >= 0.6 is 11.6 Å². The minimum atomic E-state index is -0.155. The van der Waals surface area contributed by atoms with E-state index in [-0.39, 0.29) is 5.91 Å². The predicted molar refractivity (Wildman–Crippen MR) is 78.3 cm³/mol. The number of carbonyl (C=O) groups is 1. The van der Waals surface area contributed by atoms with Crippen LogP contribution in [-0.4, -0.2) is 24.0 Å². The van der Waals surface area contributed by atoms with Gasteiger partial charge in [0.1, 0.15) is 12.4 Å². The standard InChI is InChI=1S/C15H15ClN2O2/c1-11-2-3-12(10-18-11)15(19)17-8-9-20-14-6-4-13(16)5-7-14/h2-7,10H,8-9H2,1H3,(H,17,19). The number of hydrogen-bond acceptors (Lipinski definition) is 3. The van der Waals surface area contributed by atoms with Gasteiger partial charge in [-0.05, 0) is 43.3 Å². The van der Waals surface area contributed by atoms with Crippen LogP contribution in [0.3, 0.4) is 0 Å². The van der Waals surface area contributed by atoms with E-state index in [1.165, 1.54) is 0 Å². The Labute approximate surface area is 122 Å². The molecule has 0 unspecified atom stereocenters. The molecule has 0 aliphatic heterocycles. The number of halogens is 1. The maximum absolute atomic E-state index is 11.8. The molecule has 0 fully saturated rings. The van der Waals surface area contributed by atoms with E-state index in [1.54, 1.807) is 42.6 Å². The molecule has 0 aliphatic rings. The van der Waals surface area contributed by atoms with Crippen LogP contribution in [0.5, 0.6) is 5.75 Å². The lowest BCUT2D eigenvalue weighted by molar-refractivity contribution is 0.0946. The van der Waals surface area contributed by atoms with Crippen molar-refractivity contribution < 1.29 is 9.53 Å². The molecule has 104 valence electrons. The summed E-state index contributed by atoms with van der Waals surface area (Å²) >= 11 is 5.77. The molecular weight excluding hydrogens is 276 g/mol. The van der Waals surface area contributed by atoms with Gasteiger partial charge in [-0.3, -0.25) is 9.78 Å². The van der Waals surface area contributed by atoms with Gasteiger partial charge in [0, 0.05) is 16.9 Å². The molecule has 0 saturated heterocycles. The summed E-state index contributed by atoms with van der Waals surface area (Å²) in [5.41, 5.74) is 1.43. The van der Waals surface area contributed by atoms with Crippen molar-refractivity contribution in [1.29, 1.82) is 0 Å². The summed E-state index contributed by atoms with van der Waals surface area (Å²) in [6, 6.07) is 10.6. The third kappa shape index (κ3) is 4.24. The van der Waals surface area contributed by atoms with Crippen molar-refractivity contribution in [2.24, 2.45) is 0 Å². The number of benzene rings is 1. The summed E-state index contributed by atoms with van der Waals surface area (Å²) in [6.07, 6.45) is 1.56. The Bertz CT molecular complexity index is 567. The highest BCUT2D eigenvalue weighted by Gasteiger charge is 2.04. The average Bonchev–Trinajstić information content (AvgIpc) is 2.46. The number of ether oxygens (including phenoxy) is 1. The third-order valence-corrected chi connectivity index (χ3v) is 2.90. The summed E-state index contributed by atoms with van der Waals surface area (Å²) in [4.78, 5) is 15.9. The van der Waals surface area contributed by atoms with Crippen LogP contribution in [0.15, 0.2) is 42.6 Å². The van der Waals surface area contributed by atoms with Crippen molar-refractivity contribution in [1.82, 2.24) is 10.3 Å². The second kappa shape index (κ2) is 6.91. The first-order valence-corrected chi connectivity index (χ1v) is 6.62. The highest BCUT2D eigenvalue weighted by Crippen LogP contribution is 2.15. The van der Waals surface area contributed by atoms with Gasteiger partial charge in [0.25, 0.3) is 5.91 Å². The first-order chi connectivity index (χ1) is 9.65. The predicted octanol–water partition coefficient (Wildman–Crippen LogP) is 2.85. The van der Waals surface area contributed by atoms with Gasteiger partial charge in [-0.1, -0.05) is 11.6 Å². The van der Waals surface area contributed by atoms with E-state index in [0.29, 0.717) is 23.7 Å². The maximum atomic E-state index is 11.8. The van der Waals surface area contributed by atoms with Gasteiger partial charge >= 0.3 is 0 Å². The summed E-state index contributed by atoms with van der Waals surface area (Å²) in [6.45, 7) is 2.70. The fourth-order valence-electron chi connectivity index (χ4n) is 1.57. The normalized spacial score (nSPS) is 10.1. The number of nitrogens with zero attached hydrogens (tertiary/aromatic N) is 1.